The Bertz CT molecular complexity index is 878. The molecule has 30 heavy (non-hydrogen) atoms. The van der Waals surface area contributed by atoms with Gasteiger partial charge in [0.15, 0.2) is 0 Å². The third kappa shape index (κ3) is 4.97. The maximum Gasteiger partial charge on any atom is 0.255 e. The van der Waals surface area contributed by atoms with Gasteiger partial charge in [0.25, 0.3) is 5.91 Å². The second-order valence-corrected chi connectivity index (χ2v) is 6.92. The number of benzene rings is 2. The summed E-state index contributed by atoms with van der Waals surface area (Å²) >= 11 is 0. The predicted molar refractivity (Wildman–Crippen MR) is 117 cm³/mol. The van der Waals surface area contributed by atoms with E-state index in [2.05, 4.69) is 10.2 Å². The van der Waals surface area contributed by atoms with Crippen LogP contribution >= 0.6 is 0 Å². The quantitative estimate of drug-likeness (QED) is 0.707. The van der Waals surface area contributed by atoms with E-state index < -0.39 is 0 Å². The molecule has 1 heterocycles. The molecule has 3 rings (SSSR count). The lowest BCUT2D eigenvalue weighted by atomic mass is 10.1. The van der Waals surface area contributed by atoms with Gasteiger partial charge in [-0.15, -0.1) is 0 Å². The number of ether oxygens (including phenoxy) is 4. The molecular weight excluding hydrogens is 384 g/mol. The predicted octanol–water partition coefficient (Wildman–Crippen LogP) is 3.89. The van der Waals surface area contributed by atoms with Crippen molar-refractivity contribution in [2.24, 2.45) is 0 Å². The zero-order chi connectivity index (χ0) is 21.5. The standard InChI is InChI=1S/C23H30N2O5/c1-5-29-21-15-19(25-9-11-28-12-10-25)22(30-6-2)14-18(21)24-23(26)17-8-7-16(3)20(13-17)27-4/h7-8,13-15H,5-6,9-12H2,1-4H3,(H,24,26). The van der Waals surface area contributed by atoms with Crippen LogP contribution in [0.4, 0.5) is 11.4 Å². The zero-order valence-electron chi connectivity index (χ0n) is 18.1. The lowest BCUT2D eigenvalue weighted by Crippen LogP contribution is -2.36. The smallest absolute Gasteiger partial charge is 0.255 e. The normalized spacial score (nSPS) is 13.7. The maximum absolute atomic E-state index is 12.9. The third-order valence-corrected chi connectivity index (χ3v) is 4.93. The maximum atomic E-state index is 12.9. The van der Waals surface area contributed by atoms with Crippen LogP contribution in [0.2, 0.25) is 0 Å². The van der Waals surface area contributed by atoms with E-state index in [0.717, 1.165) is 24.3 Å². The molecule has 0 spiro atoms. The first-order valence-corrected chi connectivity index (χ1v) is 10.3. The molecule has 2 aromatic carbocycles. The first-order chi connectivity index (χ1) is 14.6. The van der Waals surface area contributed by atoms with E-state index in [-0.39, 0.29) is 5.91 Å². The average Bonchev–Trinajstić information content (AvgIpc) is 2.76. The Morgan fingerprint density at radius 3 is 2.40 bits per heavy atom. The summed E-state index contributed by atoms with van der Waals surface area (Å²) in [4.78, 5) is 15.1. The highest BCUT2D eigenvalue weighted by Crippen LogP contribution is 2.39. The fourth-order valence-electron chi connectivity index (χ4n) is 3.40. The summed E-state index contributed by atoms with van der Waals surface area (Å²) in [6.07, 6.45) is 0. The van der Waals surface area contributed by atoms with Gasteiger partial charge in [-0.3, -0.25) is 4.79 Å². The number of morpholine rings is 1. The Hall–Kier alpha value is -2.93. The van der Waals surface area contributed by atoms with Crippen LogP contribution in [0.3, 0.4) is 0 Å². The van der Waals surface area contributed by atoms with Gasteiger partial charge in [0, 0.05) is 30.8 Å². The summed E-state index contributed by atoms with van der Waals surface area (Å²) in [6.45, 7) is 9.70. The minimum absolute atomic E-state index is 0.240. The number of nitrogens with one attached hydrogen (secondary N) is 1. The monoisotopic (exact) mass is 414 g/mol. The molecule has 7 nitrogen and oxygen atoms in total. The molecule has 1 N–H and O–H groups in total. The summed E-state index contributed by atoms with van der Waals surface area (Å²) in [5.74, 6) is 1.75. The first-order valence-electron chi connectivity index (χ1n) is 10.3. The van der Waals surface area contributed by atoms with E-state index in [1.54, 1.807) is 19.2 Å². The Morgan fingerprint density at radius 1 is 1.03 bits per heavy atom. The number of aryl methyl sites for hydroxylation is 1. The van der Waals surface area contributed by atoms with Gasteiger partial charge in [-0.25, -0.2) is 0 Å². The summed E-state index contributed by atoms with van der Waals surface area (Å²) in [6, 6.07) is 9.15. The Labute approximate surface area is 177 Å². The van der Waals surface area contributed by atoms with Crippen LogP contribution in [0.15, 0.2) is 30.3 Å². The molecule has 1 saturated heterocycles. The van der Waals surface area contributed by atoms with E-state index in [1.165, 1.54) is 0 Å². The van der Waals surface area contributed by atoms with Gasteiger partial charge in [-0.1, -0.05) is 6.07 Å². The molecule has 1 amide bonds. The number of hydrogen-bond donors (Lipinski definition) is 1. The number of methoxy groups -OCH3 is 1. The highest BCUT2D eigenvalue weighted by atomic mass is 16.5. The van der Waals surface area contributed by atoms with E-state index >= 15 is 0 Å². The SMILES string of the molecule is CCOc1cc(N2CCOCC2)c(OCC)cc1NC(=O)c1ccc(C)c(OC)c1. The topological polar surface area (TPSA) is 69.3 Å². The molecule has 1 aliphatic heterocycles. The summed E-state index contributed by atoms with van der Waals surface area (Å²) in [5, 5.41) is 2.97. The molecule has 0 radical (unpaired) electrons. The number of hydrogen-bond acceptors (Lipinski definition) is 6. The molecule has 0 saturated carbocycles. The van der Waals surface area contributed by atoms with Crippen molar-refractivity contribution < 1.29 is 23.7 Å². The van der Waals surface area contributed by atoms with Crippen molar-refractivity contribution in [3.05, 3.63) is 41.5 Å². The van der Waals surface area contributed by atoms with Crippen molar-refractivity contribution in [2.45, 2.75) is 20.8 Å². The zero-order valence-corrected chi connectivity index (χ0v) is 18.1. The number of anilines is 2. The van der Waals surface area contributed by atoms with Crippen LogP contribution in [-0.4, -0.2) is 52.5 Å². The molecular formula is C23H30N2O5. The lowest BCUT2D eigenvalue weighted by Gasteiger charge is -2.31. The molecule has 162 valence electrons. The van der Waals surface area contributed by atoms with Gasteiger partial charge in [-0.05, 0) is 38.5 Å². The van der Waals surface area contributed by atoms with Gasteiger partial charge in [0.05, 0.1) is 44.9 Å². The van der Waals surface area contributed by atoms with Crippen molar-refractivity contribution in [2.75, 3.05) is 56.8 Å². The molecule has 0 unspecified atom stereocenters. The number of amides is 1. The first kappa shape index (κ1) is 21.8. The van der Waals surface area contributed by atoms with Gasteiger partial charge < -0.3 is 29.2 Å². The van der Waals surface area contributed by atoms with Crippen LogP contribution in [-0.2, 0) is 4.74 Å². The molecule has 0 aromatic heterocycles. The van der Waals surface area contributed by atoms with Crippen LogP contribution < -0.4 is 24.4 Å². The van der Waals surface area contributed by atoms with E-state index in [0.29, 0.717) is 54.9 Å². The van der Waals surface area contributed by atoms with E-state index in [1.807, 2.05) is 39.0 Å². The number of rotatable bonds is 8. The van der Waals surface area contributed by atoms with E-state index in [4.69, 9.17) is 18.9 Å². The molecule has 0 bridgehead atoms. The number of nitrogens with zero attached hydrogens (tertiary/aromatic N) is 1. The Morgan fingerprint density at radius 2 is 1.73 bits per heavy atom. The van der Waals surface area contributed by atoms with Crippen molar-refractivity contribution in [3.8, 4) is 17.2 Å². The Balaban J connectivity index is 1.94. The summed E-state index contributed by atoms with van der Waals surface area (Å²) in [7, 11) is 1.59. The highest BCUT2D eigenvalue weighted by molar-refractivity contribution is 6.05. The van der Waals surface area contributed by atoms with Gasteiger partial charge in [-0.2, -0.15) is 0 Å². The molecule has 0 aliphatic carbocycles. The summed E-state index contributed by atoms with van der Waals surface area (Å²) in [5.41, 5.74) is 2.99. The second-order valence-electron chi connectivity index (χ2n) is 6.92. The average molecular weight is 415 g/mol. The molecule has 2 aromatic rings. The summed E-state index contributed by atoms with van der Waals surface area (Å²) < 4.78 is 22.6. The highest BCUT2D eigenvalue weighted by Gasteiger charge is 2.21. The lowest BCUT2D eigenvalue weighted by molar-refractivity contribution is 0.102. The molecule has 0 atom stereocenters. The van der Waals surface area contributed by atoms with Crippen LogP contribution in [0.25, 0.3) is 0 Å². The van der Waals surface area contributed by atoms with Crippen LogP contribution in [0.5, 0.6) is 17.2 Å². The molecule has 7 heteroatoms. The van der Waals surface area contributed by atoms with Crippen LogP contribution in [0.1, 0.15) is 29.8 Å². The second kappa shape index (κ2) is 10.2. The number of carbonyl (C=O) groups excluding carboxylic acids is 1. The minimum Gasteiger partial charge on any atom is -0.496 e. The van der Waals surface area contributed by atoms with Crippen molar-refractivity contribution in [3.63, 3.8) is 0 Å². The minimum atomic E-state index is -0.240. The number of carbonyl (C=O) groups is 1. The third-order valence-electron chi connectivity index (χ3n) is 4.93. The molecule has 1 aliphatic rings. The fourth-order valence-corrected chi connectivity index (χ4v) is 3.40. The van der Waals surface area contributed by atoms with Crippen molar-refractivity contribution in [1.29, 1.82) is 0 Å². The van der Waals surface area contributed by atoms with Gasteiger partial charge in [0.2, 0.25) is 0 Å². The van der Waals surface area contributed by atoms with Gasteiger partial charge in [0.1, 0.15) is 17.2 Å². The van der Waals surface area contributed by atoms with Crippen molar-refractivity contribution >= 4 is 17.3 Å². The van der Waals surface area contributed by atoms with Gasteiger partial charge >= 0.3 is 0 Å². The van der Waals surface area contributed by atoms with E-state index in [9.17, 15) is 4.79 Å². The Kier molecular flexibility index (Phi) is 7.41. The molecule has 1 fully saturated rings. The fraction of sp³-hybridized carbons (Fsp3) is 0.435. The van der Waals surface area contributed by atoms with Crippen molar-refractivity contribution in [1.82, 2.24) is 0 Å². The van der Waals surface area contributed by atoms with Crippen LogP contribution in [0, 0.1) is 6.92 Å². The largest absolute Gasteiger partial charge is 0.496 e.